The summed E-state index contributed by atoms with van der Waals surface area (Å²) < 4.78 is 34.3. The van der Waals surface area contributed by atoms with Crippen molar-refractivity contribution in [3.63, 3.8) is 0 Å². The van der Waals surface area contributed by atoms with Crippen LogP contribution < -0.4 is 5.73 Å². The number of amides is 1. The Kier molecular flexibility index (Phi) is 3.14. The summed E-state index contributed by atoms with van der Waals surface area (Å²) in [4.78, 5) is 8.74. The lowest BCUT2D eigenvalue weighted by Gasteiger charge is -2.07. The summed E-state index contributed by atoms with van der Waals surface area (Å²) in [5.41, 5.74) is 4.56. The first kappa shape index (κ1) is 9.74. The van der Waals surface area contributed by atoms with E-state index in [1.807, 2.05) is 0 Å². The molecule has 0 saturated heterocycles. The number of hydrogen-bond donors (Lipinski definition) is 1. The van der Waals surface area contributed by atoms with Crippen LogP contribution in [0.15, 0.2) is 0 Å². The highest BCUT2D eigenvalue weighted by atomic mass is 79.9. The third kappa shape index (κ3) is 4.60. The molecule has 1 unspecified atom stereocenters. The highest BCUT2D eigenvalue weighted by Gasteiger charge is 2.32. The third-order valence-corrected chi connectivity index (χ3v) is 1.49. The van der Waals surface area contributed by atoms with Gasteiger partial charge in [-0.25, -0.2) is 0 Å². The molecule has 0 aliphatic carbocycles. The molecule has 0 rings (SSSR count). The molecular weight excluding hydrogens is 215 g/mol. The predicted molar refractivity (Wildman–Crippen MR) is 32.6 cm³/mol. The van der Waals surface area contributed by atoms with Gasteiger partial charge in [0.1, 0.15) is 4.83 Å². The summed E-state index contributed by atoms with van der Waals surface area (Å²) in [6, 6.07) is 0. The van der Waals surface area contributed by atoms with Crippen LogP contribution in [0.2, 0.25) is 0 Å². The van der Waals surface area contributed by atoms with Crippen LogP contribution in [0.25, 0.3) is 0 Å². The summed E-state index contributed by atoms with van der Waals surface area (Å²) in [6.45, 7) is 0. The molecule has 1 atom stereocenters. The smallest absolute Gasteiger partial charge is 0.369 e. The first-order valence-corrected chi connectivity index (χ1v) is 3.24. The highest BCUT2D eigenvalue weighted by Crippen LogP contribution is 2.24. The fourth-order valence-corrected chi connectivity index (χ4v) is 0.671. The van der Waals surface area contributed by atoms with Gasteiger partial charge in [-0.3, -0.25) is 4.79 Å². The molecule has 0 fully saturated rings. The molecule has 2 N–H and O–H groups in total. The average Bonchev–Trinajstić information content (AvgIpc) is 1.60. The van der Waals surface area contributed by atoms with Crippen molar-refractivity contribution in [2.45, 2.75) is 17.4 Å². The van der Waals surface area contributed by atoms with Gasteiger partial charge in [0, 0.05) is 0 Å². The van der Waals surface area contributed by atoms with Crippen LogP contribution in [-0.4, -0.2) is 16.9 Å². The normalized spacial score (nSPS) is 14.8. The van der Waals surface area contributed by atoms with Crippen LogP contribution in [0.4, 0.5) is 13.2 Å². The Morgan fingerprint density at radius 2 is 2.00 bits per heavy atom. The summed E-state index contributed by atoms with van der Waals surface area (Å²) >= 11 is 2.48. The number of halogens is 4. The van der Waals surface area contributed by atoms with Gasteiger partial charge in [-0.2, -0.15) is 13.2 Å². The maximum absolute atomic E-state index is 11.4. The number of rotatable bonds is 2. The first-order valence-electron chi connectivity index (χ1n) is 2.33. The Morgan fingerprint density at radius 3 is 2.10 bits per heavy atom. The van der Waals surface area contributed by atoms with Crippen LogP contribution >= 0.6 is 15.9 Å². The molecule has 0 aliphatic rings. The zero-order chi connectivity index (χ0) is 8.36. The van der Waals surface area contributed by atoms with E-state index in [0.717, 1.165) is 0 Å². The van der Waals surface area contributed by atoms with E-state index >= 15 is 0 Å². The van der Waals surface area contributed by atoms with Gasteiger partial charge in [0.15, 0.2) is 0 Å². The van der Waals surface area contributed by atoms with Gasteiger partial charge in [0.05, 0.1) is 6.42 Å². The molecule has 1 amide bonds. The third-order valence-electron chi connectivity index (χ3n) is 0.719. The van der Waals surface area contributed by atoms with Crippen molar-refractivity contribution in [3.8, 4) is 0 Å². The Hall–Kier alpha value is -0.260. The minimum absolute atomic E-state index is 1.00. The molecule has 2 nitrogen and oxygen atoms in total. The summed E-state index contributed by atoms with van der Waals surface area (Å²) in [6.07, 6.45) is -5.56. The van der Waals surface area contributed by atoms with Gasteiger partial charge in [0.2, 0.25) is 5.91 Å². The minimum Gasteiger partial charge on any atom is -0.369 e. The van der Waals surface area contributed by atoms with E-state index in [1.54, 1.807) is 0 Å². The Balaban J connectivity index is 3.80. The second-order valence-corrected chi connectivity index (χ2v) is 2.79. The number of nitrogens with two attached hydrogens (primary N) is 1. The molecule has 0 aromatic rings. The molecule has 0 aromatic heterocycles. The minimum atomic E-state index is -4.34. The van der Waals surface area contributed by atoms with Crippen LogP contribution in [0.3, 0.4) is 0 Å². The largest absolute Gasteiger partial charge is 0.390 e. The maximum Gasteiger partial charge on any atom is 0.390 e. The van der Waals surface area contributed by atoms with Gasteiger partial charge in [-0.05, 0) is 0 Å². The van der Waals surface area contributed by atoms with Crippen LogP contribution in [0.1, 0.15) is 6.42 Å². The van der Waals surface area contributed by atoms with E-state index in [0.29, 0.717) is 0 Å². The van der Waals surface area contributed by atoms with Gasteiger partial charge in [0.25, 0.3) is 0 Å². The van der Waals surface area contributed by atoms with E-state index in [4.69, 9.17) is 0 Å². The summed E-state index contributed by atoms with van der Waals surface area (Å²) in [5, 5.41) is 0. The first-order chi connectivity index (χ1) is 4.33. The monoisotopic (exact) mass is 219 g/mol. The lowest BCUT2D eigenvalue weighted by molar-refractivity contribution is -0.141. The molecule has 0 radical (unpaired) electrons. The number of primary amides is 1. The summed E-state index contributed by atoms with van der Waals surface area (Å²) in [7, 11) is 0. The summed E-state index contributed by atoms with van der Waals surface area (Å²) in [5.74, 6) is -1.00. The van der Waals surface area contributed by atoms with Crippen molar-refractivity contribution in [2.75, 3.05) is 0 Å². The van der Waals surface area contributed by atoms with E-state index in [2.05, 4.69) is 21.7 Å². The van der Waals surface area contributed by atoms with E-state index in [-0.39, 0.29) is 0 Å². The molecule has 0 aromatic carbocycles. The van der Waals surface area contributed by atoms with Crippen molar-refractivity contribution in [1.29, 1.82) is 0 Å². The topological polar surface area (TPSA) is 43.1 Å². The molecule has 0 saturated carbocycles. The maximum atomic E-state index is 11.4. The zero-order valence-electron chi connectivity index (χ0n) is 4.78. The number of alkyl halides is 4. The van der Waals surface area contributed by atoms with Gasteiger partial charge >= 0.3 is 6.18 Å². The van der Waals surface area contributed by atoms with Crippen molar-refractivity contribution in [3.05, 3.63) is 0 Å². The predicted octanol–water partition coefficient (Wildman–Crippen LogP) is 1.19. The van der Waals surface area contributed by atoms with Crippen molar-refractivity contribution < 1.29 is 18.0 Å². The van der Waals surface area contributed by atoms with E-state index < -0.39 is 23.3 Å². The highest BCUT2D eigenvalue weighted by molar-refractivity contribution is 9.10. The van der Waals surface area contributed by atoms with E-state index in [9.17, 15) is 18.0 Å². The van der Waals surface area contributed by atoms with Gasteiger partial charge < -0.3 is 5.73 Å². The van der Waals surface area contributed by atoms with Gasteiger partial charge in [-0.1, -0.05) is 15.9 Å². The quantitative estimate of drug-likeness (QED) is 0.697. The van der Waals surface area contributed by atoms with Crippen LogP contribution in [0.5, 0.6) is 0 Å². The number of carbonyl (C=O) groups excluding carboxylic acids is 1. The SMILES string of the molecule is NC(=O)C(Br)CC(F)(F)F. The van der Waals surface area contributed by atoms with Crippen LogP contribution in [0, 0.1) is 0 Å². The Labute approximate surface area is 63.7 Å². The second kappa shape index (κ2) is 3.23. The molecule has 10 heavy (non-hydrogen) atoms. The molecule has 0 spiro atoms. The van der Waals surface area contributed by atoms with Crippen molar-refractivity contribution in [2.24, 2.45) is 5.73 Å². The zero-order valence-corrected chi connectivity index (χ0v) is 6.37. The number of carbonyl (C=O) groups is 1. The van der Waals surface area contributed by atoms with E-state index in [1.165, 1.54) is 0 Å². The fourth-order valence-electron chi connectivity index (χ4n) is 0.304. The van der Waals surface area contributed by atoms with Crippen molar-refractivity contribution >= 4 is 21.8 Å². The lowest BCUT2D eigenvalue weighted by Crippen LogP contribution is -2.28. The Morgan fingerprint density at radius 1 is 1.60 bits per heavy atom. The number of hydrogen-bond acceptors (Lipinski definition) is 1. The molecule has 6 heteroatoms. The Bertz CT molecular complexity index is 135. The fraction of sp³-hybridized carbons (Fsp3) is 0.750. The van der Waals surface area contributed by atoms with Crippen LogP contribution in [-0.2, 0) is 4.79 Å². The molecular formula is C4H5BrF3NO. The lowest BCUT2D eigenvalue weighted by atomic mass is 10.3. The standard InChI is InChI=1S/C4H5BrF3NO/c5-2(3(9)10)1-4(6,7)8/h2H,1H2,(H2,9,10). The molecule has 0 heterocycles. The molecule has 0 bridgehead atoms. The molecule has 0 aliphatic heterocycles. The molecule has 60 valence electrons. The van der Waals surface area contributed by atoms with Crippen molar-refractivity contribution in [1.82, 2.24) is 0 Å². The second-order valence-electron chi connectivity index (χ2n) is 1.69. The van der Waals surface area contributed by atoms with Gasteiger partial charge in [-0.15, -0.1) is 0 Å². The average molecular weight is 220 g/mol.